The molecule has 0 aliphatic carbocycles. The maximum absolute atomic E-state index is 13.5. The van der Waals surface area contributed by atoms with Crippen LogP contribution in [-0.2, 0) is 11.2 Å². The lowest BCUT2D eigenvalue weighted by molar-refractivity contribution is -0.125. The van der Waals surface area contributed by atoms with Crippen LogP contribution in [0.4, 0.5) is 4.39 Å². The van der Waals surface area contributed by atoms with Crippen LogP contribution in [0, 0.1) is 17.2 Å². The number of benzene rings is 1. The number of amides is 1. The molecule has 1 amide bonds. The first-order valence-corrected chi connectivity index (χ1v) is 6.91. The van der Waals surface area contributed by atoms with Crippen LogP contribution in [-0.4, -0.2) is 23.7 Å². The first-order chi connectivity index (χ1) is 9.21. The van der Waals surface area contributed by atoms with Crippen molar-refractivity contribution in [2.75, 3.05) is 6.54 Å². The number of aliphatic hydroxyl groups is 1. The molecule has 3 nitrogen and oxygen atoms in total. The summed E-state index contributed by atoms with van der Waals surface area (Å²) < 4.78 is 13.5. The van der Waals surface area contributed by atoms with E-state index in [1.54, 1.807) is 25.1 Å². The molecule has 2 atom stereocenters. The van der Waals surface area contributed by atoms with E-state index >= 15 is 0 Å². The topological polar surface area (TPSA) is 49.3 Å². The van der Waals surface area contributed by atoms with Gasteiger partial charge >= 0.3 is 0 Å². The smallest absolute Gasteiger partial charge is 0.223 e. The summed E-state index contributed by atoms with van der Waals surface area (Å²) in [6.45, 7) is 7.70. The molecular formula is C16H24FNO2. The molecule has 0 aliphatic rings. The number of hydrogen-bond acceptors (Lipinski definition) is 2. The second-order valence-corrected chi connectivity index (χ2v) is 6.32. The number of nitrogens with one attached hydrogen (secondary N) is 1. The molecule has 0 aliphatic heterocycles. The van der Waals surface area contributed by atoms with Crippen molar-refractivity contribution in [3.8, 4) is 0 Å². The molecule has 1 aromatic carbocycles. The van der Waals surface area contributed by atoms with E-state index in [1.807, 2.05) is 20.8 Å². The predicted molar refractivity (Wildman–Crippen MR) is 77.7 cm³/mol. The Kier molecular flexibility index (Phi) is 5.69. The molecule has 2 N–H and O–H groups in total. The summed E-state index contributed by atoms with van der Waals surface area (Å²) >= 11 is 0. The van der Waals surface area contributed by atoms with Gasteiger partial charge in [0, 0.05) is 12.5 Å². The Bertz CT molecular complexity index is 454. The minimum atomic E-state index is -0.605. The molecule has 0 spiro atoms. The normalized spacial score (nSPS) is 14.7. The minimum absolute atomic E-state index is 0.170. The van der Waals surface area contributed by atoms with Gasteiger partial charge in [-0.25, -0.2) is 4.39 Å². The van der Waals surface area contributed by atoms with Gasteiger partial charge in [-0.05, 0) is 23.5 Å². The summed E-state index contributed by atoms with van der Waals surface area (Å²) in [5.41, 5.74) is 0.258. The van der Waals surface area contributed by atoms with E-state index < -0.39 is 6.10 Å². The zero-order valence-electron chi connectivity index (χ0n) is 12.6. The van der Waals surface area contributed by atoms with Crippen molar-refractivity contribution in [2.24, 2.45) is 11.3 Å². The molecule has 20 heavy (non-hydrogen) atoms. The van der Waals surface area contributed by atoms with Crippen molar-refractivity contribution < 1.29 is 14.3 Å². The van der Waals surface area contributed by atoms with E-state index in [4.69, 9.17) is 0 Å². The molecule has 0 fully saturated rings. The quantitative estimate of drug-likeness (QED) is 0.871. The number of halogens is 1. The number of aliphatic hydroxyl groups excluding tert-OH is 1. The lowest BCUT2D eigenvalue weighted by Gasteiger charge is -2.26. The number of carbonyl (C=O) groups is 1. The molecule has 1 aromatic rings. The van der Waals surface area contributed by atoms with Crippen molar-refractivity contribution in [1.82, 2.24) is 5.32 Å². The number of hydrogen-bond donors (Lipinski definition) is 2. The van der Waals surface area contributed by atoms with E-state index in [9.17, 15) is 14.3 Å². The van der Waals surface area contributed by atoms with E-state index in [0.29, 0.717) is 12.0 Å². The fourth-order valence-corrected chi connectivity index (χ4v) is 1.76. The monoisotopic (exact) mass is 281 g/mol. The van der Waals surface area contributed by atoms with Gasteiger partial charge in [-0.3, -0.25) is 4.79 Å². The third kappa shape index (κ3) is 4.93. The van der Waals surface area contributed by atoms with E-state index in [0.717, 1.165) is 0 Å². The third-order valence-corrected chi connectivity index (χ3v) is 3.40. The van der Waals surface area contributed by atoms with Crippen LogP contribution in [0.3, 0.4) is 0 Å². The molecule has 112 valence electrons. The fourth-order valence-electron chi connectivity index (χ4n) is 1.76. The summed E-state index contributed by atoms with van der Waals surface area (Å²) in [7, 11) is 0. The average Bonchev–Trinajstić information content (AvgIpc) is 2.36. The molecule has 2 unspecified atom stereocenters. The highest BCUT2D eigenvalue weighted by Gasteiger charge is 2.23. The maximum atomic E-state index is 13.5. The SMILES string of the molecule is CC(Cc1ccccc1F)C(=O)NCC(O)C(C)(C)C. The van der Waals surface area contributed by atoms with Crippen molar-refractivity contribution >= 4 is 5.91 Å². The van der Waals surface area contributed by atoms with Crippen LogP contribution in [0.5, 0.6) is 0 Å². The highest BCUT2D eigenvalue weighted by molar-refractivity contribution is 5.78. The lowest BCUT2D eigenvalue weighted by atomic mass is 9.89. The second-order valence-electron chi connectivity index (χ2n) is 6.32. The fraction of sp³-hybridized carbons (Fsp3) is 0.562. The van der Waals surface area contributed by atoms with Crippen LogP contribution < -0.4 is 5.32 Å². The molecule has 4 heteroatoms. The Morgan fingerprint density at radius 1 is 1.35 bits per heavy atom. The molecule has 0 heterocycles. The molecular weight excluding hydrogens is 257 g/mol. The molecule has 0 aromatic heterocycles. The first kappa shape index (κ1) is 16.6. The highest BCUT2D eigenvalue weighted by Crippen LogP contribution is 2.18. The Morgan fingerprint density at radius 3 is 2.50 bits per heavy atom. The van der Waals surface area contributed by atoms with Crippen molar-refractivity contribution in [2.45, 2.75) is 40.2 Å². The zero-order chi connectivity index (χ0) is 15.3. The molecule has 0 saturated carbocycles. The van der Waals surface area contributed by atoms with Gasteiger partial charge in [0.25, 0.3) is 0 Å². The van der Waals surface area contributed by atoms with Crippen molar-refractivity contribution in [3.63, 3.8) is 0 Å². The molecule has 0 radical (unpaired) electrons. The zero-order valence-corrected chi connectivity index (χ0v) is 12.6. The molecule has 0 saturated heterocycles. The van der Waals surface area contributed by atoms with Crippen molar-refractivity contribution in [3.05, 3.63) is 35.6 Å². The Hall–Kier alpha value is -1.42. The van der Waals surface area contributed by atoms with E-state index in [-0.39, 0.29) is 29.6 Å². The van der Waals surface area contributed by atoms with Crippen molar-refractivity contribution in [1.29, 1.82) is 0 Å². The van der Waals surface area contributed by atoms with E-state index in [1.165, 1.54) is 6.07 Å². The van der Waals surface area contributed by atoms with Crippen LogP contribution in [0.15, 0.2) is 24.3 Å². The van der Waals surface area contributed by atoms with Crippen LogP contribution in [0.2, 0.25) is 0 Å². The number of carbonyl (C=O) groups excluding carboxylic acids is 1. The van der Waals surface area contributed by atoms with Gasteiger partial charge in [-0.15, -0.1) is 0 Å². The Morgan fingerprint density at radius 2 is 1.95 bits per heavy atom. The van der Waals surface area contributed by atoms with Crippen LogP contribution >= 0.6 is 0 Å². The van der Waals surface area contributed by atoms with Gasteiger partial charge in [0.15, 0.2) is 0 Å². The van der Waals surface area contributed by atoms with Gasteiger partial charge in [0.2, 0.25) is 5.91 Å². The molecule has 0 bridgehead atoms. The van der Waals surface area contributed by atoms with Gasteiger partial charge in [0.1, 0.15) is 5.82 Å². The standard InChI is InChI=1S/C16H24FNO2/c1-11(9-12-7-5-6-8-13(12)17)15(20)18-10-14(19)16(2,3)4/h5-8,11,14,19H,9-10H2,1-4H3,(H,18,20). The summed E-state index contributed by atoms with van der Waals surface area (Å²) in [6, 6.07) is 6.46. The van der Waals surface area contributed by atoms with Gasteiger partial charge in [-0.2, -0.15) is 0 Å². The lowest BCUT2D eigenvalue weighted by Crippen LogP contribution is -2.41. The summed E-state index contributed by atoms with van der Waals surface area (Å²) in [5.74, 6) is -0.794. The first-order valence-electron chi connectivity index (χ1n) is 6.91. The summed E-state index contributed by atoms with van der Waals surface area (Å²) in [5, 5.41) is 12.6. The second kappa shape index (κ2) is 6.84. The predicted octanol–water partition coefficient (Wildman–Crippen LogP) is 2.53. The maximum Gasteiger partial charge on any atom is 0.223 e. The number of rotatable bonds is 5. The van der Waals surface area contributed by atoms with Gasteiger partial charge in [0.05, 0.1) is 6.10 Å². The van der Waals surface area contributed by atoms with Crippen LogP contribution in [0.1, 0.15) is 33.3 Å². The van der Waals surface area contributed by atoms with Crippen LogP contribution in [0.25, 0.3) is 0 Å². The largest absolute Gasteiger partial charge is 0.391 e. The third-order valence-electron chi connectivity index (χ3n) is 3.40. The highest BCUT2D eigenvalue weighted by atomic mass is 19.1. The summed E-state index contributed by atoms with van der Waals surface area (Å²) in [6.07, 6.45) is -0.253. The Balaban J connectivity index is 2.50. The van der Waals surface area contributed by atoms with Gasteiger partial charge in [-0.1, -0.05) is 45.9 Å². The van der Waals surface area contributed by atoms with E-state index in [2.05, 4.69) is 5.32 Å². The minimum Gasteiger partial charge on any atom is -0.391 e. The Labute approximate surface area is 120 Å². The molecule has 1 rings (SSSR count). The average molecular weight is 281 g/mol. The van der Waals surface area contributed by atoms with Gasteiger partial charge < -0.3 is 10.4 Å². The summed E-state index contributed by atoms with van der Waals surface area (Å²) in [4.78, 5) is 11.9.